The van der Waals surface area contributed by atoms with Crippen molar-refractivity contribution in [2.75, 3.05) is 17.2 Å². The second kappa shape index (κ2) is 9.37. The molecular formula is C23H22N2O3. The predicted molar refractivity (Wildman–Crippen MR) is 110 cm³/mol. The molecule has 5 heteroatoms. The van der Waals surface area contributed by atoms with Gasteiger partial charge in [-0.1, -0.05) is 60.7 Å². The Balaban J connectivity index is 1.76. The molecule has 0 aromatic heterocycles. The van der Waals surface area contributed by atoms with Crippen LogP contribution in [-0.2, 0) is 9.53 Å². The third-order valence-corrected chi connectivity index (χ3v) is 4.20. The molecule has 0 bridgehead atoms. The lowest BCUT2D eigenvalue weighted by Gasteiger charge is -2.18. The lowest BCUT2D eigenvalue weighted by molar-refractivity contribution is -0.116. The van der Waals surface area contributed by atoms with Gasteiger partial charge in [-0.15, -0.1) is 0 Å². The van der Waals surface area contributed by atoms with E-state index in [1.54, 1.807) is 31.2 Å². The lowest BCUT2D eigenvalue weighted by atomic mass is 9.90. The van der Waals surface area contributed by atoms with Crippen molar-refractivity contribution in [3.63, 3.8) is 0 Å². The molecule has 0 fully saturated rings. The van der Waals surface area contributed by atoms with Gasteiger partial charge >= 0.3 is 6.09 Å². The molecule has 0 aliphatic rings. The van der Waals surface area contributed by atoms with Crippen LogP contribution in [0.15, 0.2) is 84.9 Å². The number of anilines is 2. The molecule has 0 radical (unpaired) electrons. The minimum Gasteiger partial charge on any atom is -0.450 e. The molecule has 2 N–H and O–H groups in total. The number of benzene rings is 3. The lowest BCUT2D eigenvalue weighted by Crippen LogP contribution is -2.22. The highest BCUT2D eigenvalue weighted by atomic mass is 16.5. The Labute approximate surface area is 164 Å². The summed E-state index contributed by atoms with van der Waals surface area (Å²) in [5.74, 6) is -0.539. The molecular weight excluding hydrogens is 352 g/mol. The third-order valence-electron chi connectivity index (χ3n) is 4.20. The Morgan fingerprint density at radius 3 is 1.68 bits per heavy atom. The van der Waals surface area contributed by atoms with E-state index < -0.39 is 12.0 Å². The zero-order chi connectivity index (χ0) is 19.8. The molecule has 3 aromatic rings. The fraction of sp³-hybridized carbons (Fsp3) is 0.130. The van der Waals surface area contributed by atoms with Crippen molar-refractivity contribution in [1.82, 2.24) is 0 Å². The second-order valence-corrected chi connectivity index (χ2v) is 6.17. The van der Waals surface area contributed by atoms with E-state index in [1.807, 2.05) is 60.7 Å². The van der Waals surface area contributed by atoms with E-state index in [2.05, 4.69) is 10.6 Å². The zero-order valence-corrected chi connectivity index (χ0v) is 15.6. The van der Waals surface area contributed by atoms with Gasteiger partial charge in [-0.3, -0.25) is 10.1 Å². The molecule has 0 saturated heterocycles. The Morgan fingerprint density at radius 1 is 0.750 bits per heavy atom. The maximum atomic E-state index is 13.1. The maximum absolute atomic E-state index is 13.1. The molecule has 3 aromatic carbocycles. The van der Waals surface area contributed by atoms with Gasteiger partial charge in [-0.25, -0.2) is 4.79 Å². The summed E-state index contributed by atoms with van der Waals surface area (Å²) in [6.07, 6.45) is -0.507. The highest BCUT2D eigenvalue weighted by Gasteiger charge is 2.22. The van der Waals surface area contributed by atoms with Crippen LogP contribution < -0.4 is 10.6 Å². The average Bonchev–Trinajstić information content (AvgIpc) is 2.71. The highest BCUT2D eigenvalue weighted by Crippen LogP contribution is 2.26. The molecule has 0 heterocycles. The molecule has 2 amide bonds. The second-order valence-electron chi connectivity index (χ2n) is 6.17. The summed E-state index contributed by atoms with van der Waals surface area (Å²) in [7, 11) is 0. The van der Waals surface area contributed by atoms with Crippen molar-refractivity contribution in [3.05, 3.63) is 96.1 Å². The predicted octanol–water partition coefficient (Wildman–Crippen LogP) is 5.03. The van der Waals surface area contributed by atoms with E-state index in [1.165, 1.54) is 0 Å². The normalized spacial score (nSPS) is 10.4. The fourth-order valence-electron chi connectivity index (χ4n) is 2.92. The molecule has 0 saturated carbocycles. The van der Waals surface area contributed by atoms with Gasteiger partial charge in [0.25, 0.3) is 0 Å². The van der Waals surface area contributed by atoms with Crippen LogP contribution in [0, 0.1) is 0 Å². The summed E-state index contributed by atoms with van der Waals surface area (Å²) >= 11 is 0. The first-order valence-corrected chi connectivity index (χ1v) is 9.12. The van der Waals surface area contributed by atoms with Gasteiger partial charge in [0.15, 0.2) is 0 Å². The maximum Gasteiger partial charge on any atom is 0.411 e. The highest BCUT2D eigenvalue weighted by molar-refractivity contribution is 5.98. The average molecular weight is 374 g/mol. The largest absolute Gasteiger partial charge is 0.450 e. The standard InChI is InChI=1S/C23H22N2O3/c1-2-28-23(27)25-20-15-13-19(14-16-20)24-22(26)21(17-9-5-3-6-10-17)18-11-7-4-8-12-18/h3-16,21H,2H2,1H3,(H,24,26)(H,25,27). The fourth-order valence-corrected chi connectivity index (χ4v) is 2.92. The topological polar surface area (TPSA) is 67.4 Å². The van der Waals surface area contributed by atoms with Gasteiger partial charge in [0.2, 0.25) is 5.91 Å². The summed E-state index contributed by atoms with van der Waals surface area (Å²) in [6, 6.07) is 26.3. The minimum absolute atomic E-state index is 0.122. The Hall–Kier alpha value is -3.60. The van der Waals surface area contributed by atoms with E-state index in [0.717, 1.165) is 11.1 Å². The smallest absolute Gasteiger partial charge is 0.411 e. The van der Waals surface area contributed by atoms with Gasteiger partial charge < -0.3 is 10.1 Å². The number of rotatable bonds is 6. The molecule has 0 aliphatic carbocycles. The number of hydrogen-bond donors (Lipinski definition) is 2. The first-order chi connectivity index (χ1) is 13.7. The van der Waals surface area contributed by atoms with Gasteiger partial charge in [-0.2, -0.15) is 0 Å². The van der Waals surface area contributed by atoms with Gasteiger partial charge in [0, 0.05) is 11.4 Å². The van der Waals surface area contributed by atoms with Crippen LogP contribution in [0.4, 0.5) is 16.2 Å². The molecule has 0 unspecified atom stereocenters. The summed E-state index contributed by atoms with van der Waals surface area (Å²) in [4.78, 5) is 24.5. The molecule has 28 heavy (non-hydrogen) atoms. The summed E-state index contributed by atoms with van der Waals surface area (Å²) < 4.78 is 4.85. The van der Waals surface area contributed by atoms with Crippen molar-refractivity contribution < 1.29 is 14.3 Å². The summed E-state index contributed by atoms with van der Waals surface area (Å²) in [5.41, 5.74) is 3.09. The molecule has 142 valence electrons. The Morgan fingerprint density at radius 2 is 1.21 bits per heavy atom. The summed E-state index contributed by atoms with van der Waals surface area (Å²) in [5, 5.41) is 5.59. The molecule has 0 aliphatic heterocycles. The molecule has 0 spiro atoms. The number of carbonyl (C=O) groups excluding carboxylic acids is 2. The van der Waals surface area contributed by atoms with Gasteiger partial charge in [-0.05, 0) is 42.3 Å². The monoisotopic (exact) mass is 374 g/mol. The van der Waals surface area contributed by atoms with Crippen molar-refractivity contribution in [3.8, 4) is 0 Å². The van der Waals surface area contributed by atoms with Crippen LogP contribution in [0.5, 0.6) is 0 Å². The number of ether oxygens (including phenoxy) is 1. The zero-order valence-electron chi connectivity index (χ0n) is 15.6. The van der Waals surface area contributed by atoms with E-state index in [0.29, 0.717) is 18.0 Å². The van der Waals surface area contributed by atoms with E-state index in [-0.39, 0.29) is 5.91 Å². The number of carbonyl (C=O) groups is 2. The van der Waals surface area contributed by atoms with Crippen LogP contribution in [-0.4, -0.2) is 18.6 Å². The van der Waals surface area contributed by atoms with Crippen molar-refractivity contribution in [2.24, 2.45) is 0 Å². The molecule has 3 rings (SSSR count). The number of hydrogen-bond acceptors (Lipinski definition) is 3. The van der Waals surface area contributed by atoms with Crippen molar-refractivity contribution in [1.29, 1.82) is 0 Å². The first-order valence-electron chi connectivity index (χ1n) is 9.12. The van der Waals surface area contributed by atoms with E-state index >= 15 is 0 Å². The van der Waals surface area contributed by atoms with Crippen LogP contribution in [0.3, 0.4) is 0 Å². The Kier molecular flexibility index (Phi) is 6.41. The first kappa shape index (κ1) is 19.2. The van der Waals surface area contributed by atoms with Gasteiger partial charge in [0.1, 0.15) is 0 Å². The third kappa shape index (κ3) is 4.98. The molecule has 0 atom stereocenters. The SMILES string of the molecule is CCOC(=O)Nc1ccc(NC(=O)C(c2ccccc2)c2ccccc2)cc1. The minimum atomic E-state index is -0.507. The summed E-state index contributed by atoms with van der Waals surface area (Å²) in [6.45, 7) is 2.05. The van der Waals surface area contributed by atoms with Crippen LogP contribution in [0.2, 0.25) is 0 Å². The Bertz CT molecular complexity index is 870. The number of nitrogens with one attached hydrogen (secondary N) is 2. The van der Waals surface area contributed by atoms with Gasteiger partial charge in [0.05, 0.1) is 12.5 Å². The van der Waals surface area contributed by atoms with Crippen molar-refractivity contribution in [2.45, 2.75) is 12.8 Å². The van der Waals surface area contributed by atoms with E-state index in [4.69, 9.17) is 4.74 Å². The van der Waals surface area contributed by atoms with Crippen molar-refractivity contribution >= 4 is 23.4 Å². The van der Waals surface area contributed by atoms with Crippen LogP contribution in [0.25, 0.3) is 0 Å². The number of amides is 2. The van der Waals surface area contributed by atoms with Crippen LogP contribution >= 0.6 is 0 Å². The molecule has 5 nitrogen and oxygen atoms in total. The van der Waals surface area contributed by atoms with E-state index in [9.17, 15) is 9.59 Å². The van der Waals surface area contributed by atoms with Crippen LogP contribution in [0.1, 0.15) is 24.0 Å². The quantitative estimate of drug-likeness (QED) is 0.636.